The lowest BCUT2D eigenvalue weighted by atomic mass is 10.0. The molecule has 0 aliphatic heterocycles. The Morgan fingerprint density at radius 2 is 1.85 bits per heavy atom. The molecule has 0 heterocycles. The number of hydrogen-bond acceptors (Lipinski definition) is 2. The van der Waals surface area contributed by atoms with E-state index in [1.807, 2.05) is 18.2 Å². The molecule has 0 spiro atoms. The molecule has 1 N–H and O–H groups in total. The van der Waals surface area contributed by atoms with Crippen molar-refractivity contribution in [1.29, 1.82) is 0 Å². The van der Waals surface area contributed by atoms with Crippen LogP contribution in [0.3, 0.4) is 0 Å². The predicted molar refractivity (Wildman–Crippen MR) is 77.2 cm³/mol. The van der Waals surface area contributed by atoms with Gasteiger partial charge in [-0.25, -0.2) is 4.39 Å². The lowest BCUT2D eigenvalue weighted by Gasteiger charge is -2.19. The third kappa shape index (κ3) is 3.06. The Labute approximate surface area is 118 Å². The van der Waals surface area contributed by atoms with Crippen LogP contribution in [0.15, 0.2) is 61.2 Å². The summed E-state index contributed by atoms with van der Waals surface area (Å²) in [6.07, 6.45) is 0.304. The number of ether oxygens (including phenoxy) is 1. The molecule has 104 valence electrons. The second-order valence-electron chi connectivity index (χ2n) is 4.53. The van der Waals surface area contributed by atoms with Gasteiger partial charge in [0.25, 0.3) is 0 Å². The predicted octanol–water partition coefficient (Wildman–Crippen LogP) is 3.86. The van der Waals surface area contributed by atoms with Crippen molar-refractivity contribution in [3.8, 4) is 5.75 Å². The van der Waals surface area contributed by atoms with Gasteiger partial charge in [0.15, 0.2) is 11.6 Å². The van der Waals surface area contributed by atoms with Crippen molar-refractivity contribution in [2.75, 3.05) is 0 Å². The summed E-state index contributed by atoms with van der Waals surface area (Å²) in [7, 11) is 0. The van der Waals surface area contributed by atoms with Gasteiger partial charge in [0.2, 0.25) is 0 Å². The number of aliphatic hydroxyl groups excluding tert-OH is 1. The zero-order chi connectivity index (χ0) is 14.5. The van der Waals surface area contributed by atoms with E-state index in [-0.39, 0.29) is 11.9 Å². The molecule has 0 aliphatic rings. The van der Waals surface area contributed by atoms with Crippen molar-refractivity contribution in [3.05, 3.63) is 78.1 Å². The van der Waals surface area contributed by atoms with Crippen LogP contribution in [0.2, 0.25) is 0 Å². The molecule has 0 bridgehead atoms. The van der Waals surface area contributed by atoms with E-state index >= 15 is 0 Å². The molecule has 3 heteroatoms. The average molecular weight is 272 g/mol. The van der Waals surface area contributed by atoms with Gasteiger partial charge in [0.05, 0.1) is 0 Å². The Morgan fingerprint density at radius 3 is 2.50 bits per heavy atom. The molecule has 2 atom stereocenters. The highest BCUT2D eigenvalue weighted by Crippen LogP contribution is 2.32. The molecule has 2 unspecified atom stereocenters. The monoisotopic (exact) mass is 272 g/mol. The van der Waals surface area contributed by atoms with Gasteiger partial charge in [-0.15, -0.1) is 0 Å². The van der Waals surface area contributed by atoms with E-state index in [1.165, 1.54) is 6.07 Å². The van der Waals surface area contributed by atoms with E-state index in [4.69, 9.17) is 4.74 Å². The van der Waals surface area contributed by atoms with Crippen LogP contribution >= 0.6 is 0 Å². The number of benzene rings is 2. The number of para-hydroxylation sites is 1. The average Bonchev–Trinajstić information content (AvgIpc) is 2.49. The van der Waals surface area contributed by atoms with Gasteiger partial charge >= 0.3 is 0 Å². The van der Waals surface area contributed by atoms with Crippen LogP contribution in [0, 0.1) is 5.82 Å². The summed E-state index contributed by atoms with van der Waals surface area (Å²) in [5, 5.41) is 10.4. The Morgan fingerprint density at radius 1 is 1.15 bits per heavy atom. The van der Waals surface area contributed by atoms with E-state index in [0.717, 1.165) is 0 Å². The molecule has 0 saturated heterocycles. The standard InChI is InChI=1S/C17H17FO2/c1-3-12(2)20-17-14(10-7-11-15(17)18)16(19)13-8-5-4-6-9-13/h3-12,16,19H,1H2,2H3. The maximum absolute atomic E-state index is 14.0. The van der Waals surface area contributed by atoms with E-state index in [2.05, 4.69) is 6.58 Å². The third-order valence-electron chi connectivity index (χ3n) is 3.04. The Balaban J connectivity index is 2.41. The van der Waals surface area contributed by atoms with Gasteiger partial charge in [-0.05, 0) is 18.6 Å². The molecule has 20 heavy (non-hydrogen) atoms. The fourth-order valence-electron chi connectivity index (χ4n) is 1.91. The molecule has 0 aliphatic carbocycles. The van der Waals surface area contributed by atoms with E-state index in [9.17, 15) is 9.50 Å². The van der Waals surface area contributed by atoms with Gasteiger partial charge < -0.3 is 9.84 Å². The summed E-state index contributed by atoms with van der Waals surface area (Å²) in [6.45, 7) is 5.37. The van der Waals surface area contributed by atoms with Crippen molar-refractivity contribution >= 4 is 0 Å². The van der Waals surface area contributed by atoms with Crippen LogP contribution in [-0.4, -0.2) is 11.2 Å². The molecule has 2 nitrogen and oxygen atoms in total. The largest absolute Gasteiger partial charge is 0.483 e. The van der Waals surface area contributed by atoms with Crippen LogP contribution in [0.4, 0.5) is 4.39 Å². The minimum atomic E-state index is -0.932. The molecule has 2 rings (SSSR count). The van der Waals surface area contributed by atoms with Crippen molar-refractivity contribution in [2.24, 2.45) is 0 Å². The first-order chi connectivity index (χ1) is 9.63. The van der Waals surface area contributed by atoms with Crippen molar-refractivity contribution in [3.63, 3.8) is 0 Å². The van der Waals surface area contributed by atoms with E-state index in [0.29, 0.717) is 11.1 Å². The first kappa shape index (κ1) is 14.3. The molecule has 0 fully saturated rings. The zero-order valence-electron chi connectivity index (χ0n) is 11.3. The van der Waals surface area contributed by atoms with Gasteiger partial charge in [-0.2, -0.15) is 0 Å². The lowest BCUT2D eigenvalue weighted by molar-refractivity contribution is 0.200. The summed E-state index contributed by atoms with van der Waals surface area (Å²) >= 11 is 0. The molecular weight excluding hydrogens is 255 g/mol. The molecule has 0 amide bonds. The summed E-state index contributed by atoms with van der Waals surface area (Å²) < 4.78 is 19.5. The van der Waals surface area contributed by atoms with Crippen molar-refractivity contribution in [1.82, 2.24) is 0 Å². The van der Waals surface area contributed by atoms with Crippen LogP contribution in [0.25, 0.3) is 0 Å². The summed E-state index contributed by atoms with van der Waals surface area (Å²) in [5.41, 5.74) is 1.10. The second-order valence-corrected chi connectivity index (χ2v) is 4.53. The van der Waals surface area contributed by atoms with Crippen molar-refractivity contribution < 1.29 is 14.2 Å². The molecule has 0 saturated carbocycles. The molecule has 0 radical (unpaired) electrons. The van der Waals surface area contributed by atoms with Gasteiger partial charge in [-0.3, -0.25) is 0 Å². The van der Waals surface area contributed by atoms with Gasteiger partial charge in [0.1, 0.15) is 12.2 Å². The normalized spacial score (nSPS) is 13.6. The first-order valence-corrected chi connectivity index (χ1v) is 6.44. The number of halogens is 1. The first-order valence-electron chi connectivity index (χ1n) is 6.44. The molecule has 2 aromatic rings. The van der Waals surface area contributed by atoms with Crippen molar-refractivity contribution in [2.45, 2.75) is 19.1 Å². The van der Waals surface area contributed by atoms with E-state index in [1.54, 1.807) is 37.3 Å². The molecule has 2 aromatic carbocycles. The fraction of sp³-hybridized carbons (Fsp3) is 0.176. The Kier molecular flexibility index (Phi) is 4.53. The fourth-order valence-corrected chi connectivity index (χ4v) is 1.91. The van der Waals surface area contributed by atoms with Gasteiger partial charge in [0, 0.05) is 5.56 Å². The van der Waals surface area contributed by atoms with Crippen LogP contribution in [0.5, 0.6) is 5.75 Å². The summed E-state index contributed by atoms with van der Waals surface area (Å²) in [6, 6.07) is 13.6. The second kappa shape index (κ2) is 6.35. The number of hydrogen-bond donors (Lipinski definition) is 1. The topological polar surface area (TPSA) is 29.5 Å². The minimum Gasteiger partial charge on any atom is -0.483 e. The van der Waals surface area contributed by atoms with Gasteiger partial charge in [-0.1, -0.05) is 55.1 Å². The quantitative estimate of drug-likeness (QED) is 0.837. The van der Waals surface area contributed by atoms with Crippen LogP contribution in [0.1, 0.15) is 24.2 Å². The minimum absolute atomic E-state index is 0.0660. The Bertz CT molecular complexity index is 581. The van der Waals surface area contributed by atoms with E-state index < -0.39 is 11.9 Å². The SMILES string of the molecule is C=CC(C)Oc1c(F)cccc1C(O)c1ccccc1. The summed E-state index contributed by atoms with van der Waals surface area (Å²) in [4.78, 5) is 0. The Hall–Kier alpha value is -2.13. The maximum atomic E-state index is 14.0. The molecular formula is C17H17FO2. The van der Waals surface area contributed by atoms with Crippen LogP contribution < -0.4 is 4.74 Å². The number of rotatable bonds is 5. The highest BCUT2D eigenvalue weighted by molar-refractivity contribution is 5.41. The number of aliphatic hydroxyl groups is 1. The molecule has 0 aromatic heterocycles. The zero-order valence-corrected chi connectivity index (χ0v) is 11.3. The highest BCUT2D eigenvalue weighted by atomic mass is 19.1. The lowest BCUT2D eigenvalue weighted by Crippen LogP contribution is -2.12. The summed E-state index contributed by atoms with van der Waals surface area (Å²) in [5.74, 6) is -0.428. The third-order valence-corrected chi connectivity index (χ3v) is 3.04. The highest BCUT2D eigenvalue weighted by Gasteiger charge is 2.19. The maximum Gasteiger partial charge on any atom is 0.165 e. The van der Waals surface area contributed by atoms with Crippen LogP contribution in [-0.2, 0) is 0 Å². The smallest absolute Gasteiger partial charge is 0.165 e.